The predicted molar refractivity (Wildman–Crippen MR) is 92.2 cm³/mol. The van der Waals surface area contributed by atoms with E-state index >= 15 is 0 Å². The monoisotopic (exact) mass is 321 g/mol. The molecule has 7 heteroatoms. The standard InChI is InChI=1S/C17H15N5O2/c1-11-15(17(24)22(21-11)14-5-3-2-4-6-14)20-19-13-9-7-12(8-10-13)16(18)23/h2-10,19,21H,1H2,(H2,18,23)/b20-15+. The molecule has 1 aliphatic rings. The number of carbonyl (C=O) groups excluding carboxylic acids is 2. The zero-order valence-electron chi connectivity index (χ0n) is 12.7. The number of hydrazone groups is 1. The molecule has 3 rings (SSSR count). The fraction of sp³-hybridized carbons (Fsp3) is 0. The molecule has 0 bridgehead atoms. The number of amides is 2. The van der Waals surface area contributed by atoms with Gasteiger partial charge in [0.2, 0.25) is 5.91 Å². The fourth-order valence-corrected chi connectivity index (χ4v) is 2.18. The van der Waals surface area contributed by atoms with Crippen molar-refractivity contribution in [2.75, 3.05) is 10.4 Å². The molecule has 120 valence electrons. The number of nitrogens with one attached hydrogen (secondary N) is 2. The summed E-state index contributed by atoms with van der Waals surface area (Å²) in [6.07, 6.45) is 0. The maximum atomic E-state index is 12.5. The summed E-state index contributed by atoms with van der Waals surface area (Å²) >= 11 is 0. The molecule has 0 atom stereocenters. The molecule has 0 radical (unpaired) electrons. The van der Waals surface area contributed by atoms with Crippen LogP contribution in [0.5, 0.6) is 0 Å². The number of hydrazine groups is 1. The zero-order valence-corrected chi connectivity index (χ0v) is 12.7. The lowest BCUT2D eigenvalue weighted by molar-refractivity contribution is -0.112. The Labute approximate surface area is 138 Å². The van der Waals surface area contributed by atoms with Gasteiger partial charge < -0.3 is 5.73 Å². The molecule has 2 aromatic rings. The first-order valence-electron chi connectivity index (χ1n) is 7.15. The number of para-hydroxylation sites is 1. The number of rotatable bonds is 4. The summed E-state index contributed by atoms with van der Waals surface area (Å²) in [4.78, 5) is 23.5. The smallest absolute Gasteiger partial charge is 0.299 e. The number of benzene rings is 2. The van der Waals surface area contributed by atoms with E-state index in [1.165, 1.54) is 5.01 Å². The normalized spacial score (nSPS) is 15.5. The molecule has 24 heavy (non-hydrogen) atoms. The van der Waals surface area contributed by atoms with Gasteiger partial charge in [-0.2, -0.15) is 5.10 Å². The summed E-state index contributed by atoms with van der Waals surface area (Å²) in [5.41, 5.74) is 13.1. The van der Waals surface area contributed by atoms with Gasteiger partial charge in [0.25, 0.3) is 5.91 Å². The Morgan fingerprint density at radius 3 is 2.42 bits per heavy atom. The van der Waals surface area contributed by atoms with E-state index < -0.39 is 5.91 Å². The molecule has 1 aliphatic heterocycles. The highest BCUT2D eigenvalue weighted by molar-refractivity contribution is 6.51. The van der Waals surface area contributed by atoms with E-state index in [2.05, 4.69) is 22.5 Å². The first-order chi connectivity index (χ1) is 11.6. The van der Waals surface area contributed by atoms with Crippen LogP contribution in [-0.2, 0) is 4.79 Å². The number of carbonyl (C=O) groups is 2. The molecule has 0 aliphatic carbocycles. The highest BCUT2D eigenvalue weighted by Crippen LogP contribution is 2.18. The highest BCUT2D eigenvalue weighted by Gasteiger charge is 2.32. The molecule has 1 fully saturated rings. The topological polar surface area (TPSA) is 99.8 Å². The molecular formula is C17H15N5O2. The van der Waals surface area contributed by atoms with Gasteiger partial charge >= 0.3 is 0 Å². The van der Waals surface area contributed by atoms with Crippen molar-refractivity contribution >= 4 is 28.9 Å². The Morgan fingerprint density at radius 1 is 1.12 bits per heavy atom. The first kappa shape index (κ1) is 15.3. The molecular weight excluding hydrogens is 306 g/mol. The van der Waals surface area contributed by atoms with Crippen LogP contribution in [0.3, 0.4) is 0 Å². The second kappa shape index (κ2) is 6.25. The third-order valence-corrected chi connectivity index (χ3v) is 3.42. The Hall–Kier alpha value is -3.61. The number of hydrogen-bond donors (Lipinski definition) is 3. The lowest BCUT2D eigenvalue weighted by Gasteiger charge is -2.14. The molecule has 1 heterocycles. The average molecular weight is 321 g/mol. The van der Waals surface area contributed by atoms with Crippen LogP contribution in [0.2, 0.25) is 0 Å². The van der Waals surface area contributed by atoms with Crippen LogP contribution in [0.1, 0.15) is 10.4 Å². The number of nitrogens with two attached hydrogens (primary N) is 1. The number of primary amides is 1. The van der Waals surface area contributed by atoms with Crippen LogP contribution in [0.4, 0.5) is 11.4 Å². The summed E-state index contributed by atoms with van der Waals surface area (Å²) in [5, 5.41) is 5.48. The molecule has 4 N–H and O–H groups in total. The summed E-state index contributed by atoms with van der Waals surface area (Å²) in [6.45, 7) is 3.81. The third-order valence-electron chi connectivity index (χ3n) is 3.42. The minimum atomic E-state index is -0.505. The third kappa shape index (κ3) is 2.95. The Morgan fingerprint density at radius 2 is 1.79 bits per heavy atom. The van der Waals surface area contributed by atoms with Crippen molar-refractivity contribution in [3.63, 3.8) is 0 Å². The number of hydrogen-bond acceptors (Lipinski definition) is 5. The van der Waals surface area contributed by atoms with Crippen molar-refractivity contribution in [1.82, 2.24) is 5.43 Å². The lowest BCUT2D eigenvalue weighted by atomic mass is 10.2. The largest absolute Gasteiger partial charge is 0.366 e. The van der Waals surface area contributed by atoms with E-state index in [-0.39, 0.29) is 11.6 Å². The second-order valence-electron chi connectivity index (χ2n) is 5.08. The van der Waals surface area contributed by atoms with E-state index in [1.54, 1.807) is 36.4 Å². The first-order valence-corrected chi connectivity index (χ1v) is 7.15. The number of nitrogens with zero attached hydrogens (tertiary/aromatic N) is 2. The summed E-state index contributed by atoms with van der Waals surface area (Å²) in [7, 11) is 0. The van der Waals surface area contributed by atoms with E-state index in [4.69, 9.17) is 5.73 Å². The minimum Gasteiger partial charge on any atom is -0.366 e. The average Bonchev–Trinajstić information content (AvgIpc) is 2.88. The Balaban J connectivity index is 1.76. The van der Waals surface area contributed by atoms with Gasteiger partial charge in [-0.1, -0.05) is 24.8 Å². The van der Waals surface area contributed by atoms with Gasteiger partial charge in [0.15, 0.2) is 5.71 Å². The van der Waals surface area contributed by atoms with E-state index in [0.717, 1.165) is 0 Å². The SMILES string of the molecule is C=C1NN(c2ccccc2)C(=O)/C1=N/Nc1ccc(C(N)=O)cc1. The van der Waals surface area contributed by atoms with Crippen LogP contribution in [0.25, 0.3) is 0 Å². The van der Waals surface area contributed by atoms with Crippen LogP contribution in [0, 0.1) is 0 Å². The van der Waals surface area contributed by atoms with E-state index in [1.807, 2.05) is 18.2 Å². The molecule has 0 aromatic heterocycles. The van der Waals surface area contributed by atoms with Crippen molar-refractivity contribution in [2.45, 2.75) is 0 Å². The van der Waals surface area contributed by atoms with Crippen LogP contribution in [-0.4, -0.2) is 17.5 Å². The molecule has 2 aromatic carbocycles. The lowest BCUT2D eigenvalue weighted by Crippen LogP contribution is -2.34. The van der Waals surface area contributed by atoms with Crippen LogP contribution in [0.15, 0.2) is 72.0 Å². The van der Waals surface area contributed by atoms with E-state index in [0.29, 0.717) is 22.6 Å². The minimum absolute atomic E-state index is 0.179. The van der Waals surface area contributed by atoms with Crippen LogP contribution >= 0.6 is 0 Å². The summed E-state index contributed by atoms with van der Waals surface area (Å²) in [5.74, 6) is -0.817. The Bertz CT molecular complexity index is 828. The quantitative estimate of drug-likeness (QED) is 0.745. The maximum absolute atomic E-state index is 12.5. The van der Waals surface area contributed by atoms with Gasteiger partial charge in [-0.25, -0.2) is 5.01 Å². The second-order valence-corrected chi connectivity index (χ2v) is 5.08. The summed E-state index contributed by atoms with van der Waals surface area (Å²) < 4.78 is 0. The van der Waals surface area contributed by atoms with E-state index in [9.17, 15) is 9.59 Å². The van der Waals surface area contributed by atoms with Gasteiger partial charge in [-0.15, -0.1) is 0 Å². The van der Waals surface area contributed by atoms with Gasteiger partial charge in [0.1, 0.15) is 0 Å². The van der Waals surface area contributed by atoms with Gasteiger partial charge in [0.05, 0.1) is 17.1 Å². The molecule has 0 unspecified atom stereocenters. The maximum Gasteiger partial charge on any atom is 0.299 e. The van der Waals surface area contributed by atoms with Crippen molar-refractivity contribution in [1.29, 1.82) is 0 Å². The molecule has 0 spiro atoms. The van der Waals surface area contributed by atoms with Crippen molar-refractivity contribution < 1.29 is 9.59 Å². The van der Waals surface area contributed by atoms with Crippen molar-refractivity contribution in [3.05, 3.63) is 72.4 Å². The van der Waals surface area contributed by atoms with Crippen molar-refractivity contribution in [3.8, 4) is 0 Å². The van der Waals surface area contributed by atoms with Gasteiger partial charge in [-0.05, 0) is 36.4 Å². The fourth-order valence-electron chi connectivity index (χ4n) is 2.18. The predicted octanol–water partition coefficient (Wildman–Crippen LogP) is 1.62. The number of anilines is 2. The molecule has 2 amide bonds. The molecule has 0 saturated carbocycles. The van der Waals surface area contributed by atoms with Crippen molar-refractivity contribution in [2.24, 2.45) is 10.8 Å². The van der Waals surface area contributed by atoms with Gasteiger partial charge in [-0.3, -0.25) is 20.4 Å². The zero-order chi connectivity index (χ0) is 17.1. The Kier molecular flexibility index (Phi) is 3.98. The summed E-state index contributed by atoms with van der Waals surface area (Å²) in [6, 6.07) is 15.6. The van der Waals surface area contributed by atoms with Crippen LogP contribution < -0.4 is 21.6 Å². The van der Waals surface area contributed by atoms with Gasteiger partial charge in [0, 0.05) is 5.56 Å². The molecule has 7 nitrogen and oxygen atoms in total. The highest BCUT2D eigenvalue weighted by atomic mass is 16.2. The molecule has 1 saturated heterocycles.